The number of thioether (sulfide) groups is 1. The molecule has 1 atom stereocenters. The average Bonchev–Trinajstić information content (AvgIpc) is 3.12. The zero-order valence-electron chi connectivity index (χ0n) is 13.8. The summed E-state index contributed by atoms with van der Waals surface area (Å²) in [5.74, 6) is 0.279. The molecule has 2 aromatic rings. The van der Waals surface area contributed by atoms with Gasteiger partial charge in [0.25, 0.3) is 5.91 Å². The molecule has 0 radical (unpaired) electrons. The van der Waals surface area contributed by atoms with E-state index in [1.807, 2.05) is 42.8 Å². The molecule has 0 unspecified atom stereocenters. The molecule has 1 aliphatic rings. The van der Waals surface area contributed by atoms with Gasteiger partial charge >= 0.3 is 0 Å². The maximum absolute atomic E-state index is 12.9. The number of nitrogens with zero attached hydrogens (tertiary/aromatic N) is 3. The van der Waals surface area contributed by atoms with E-state index in [2.05, 4.69) is 5.10 Å². The van der Waals surface area contributed by atoms with E-state index in [9.17, 15) is 4.79 Å². The molecule has 7 heteroatoms. The lowest BCUT2D eigenvalue weighted by atomic mass is 10.0. The van der Waals surface area contributed by atoms with Crippen LogP contribution in [-0.2, 0) is 11.8 Å². The molecule has 0 saturated carbocycles. The number of carbonyl (C=O) groups is 1. The molecule has 1 aliphatic heterocycles. The van der Waals surface area contributed by atoms with E-state index in [0.717, 1.165) is 22.0 Å². The number of carbonyl (C=O) groups excluding carboxylic acids is 1. The smallest absolute Gasteiger partial charge is 0.290 e. The van der Waals surface area contributed by atoms with Crippen LogP contribution < -0.4 is 0 Å². The summed E-state index contributed by atoms with van der Waals surface area (Å²) in [7, 11) is 1.92. The van der Waals surface area contributed by atoms with Crippen LogP contribution in [-0.4, -0.2) is 46.6 Å². The minimum absolute atomic E-state index is 0.0961. The highest BCUT2D eigenvalue weighted by molar-refractivity contribution is 7.98. The van der Waals surface area contributed by atoms with Gasteiger partial charge in [-0.25, -0.2) is 0 Å². The molecule has 1 amide bonds. The van der Waals surface area contributed by atoms with Crippen molar-refractivity contribution in [2.75, 3.05) is 26.0 Å². The monoisotopic (exact) mass is 335 g/mol. The van der Waals surface area contributed by atoms with E-state index in [0.29, 0.717) is 25.5 Å². The largest absolute Gasteiger partial charge is 0.445 e. The molecule has 124 valence electrons. The second-order valence-corrected chi connectivity index (χ2v) is 6.43. The molecule has 6 nitrogen and oxygen atoms in total. The van der Waals surface area contributed by atoms with Crippen molar-refractivity contribution in [1.29, 1.82) is 0 Å². The summed E-state index contributed by atoms with van der Waals surface area (Å²) < 4.78 is 13.1. The second-order valence-electron chi connectivity index (χ2n) is 5.62. The van der Waals surface area contributed by atoms with E-state index >= 15 is 0 Å². The predicted molar refractivity (Wildman–Crippen MR) is 87.8 cm³/mol. The van der Waals surface area contributed by atoms with Gasteiger partial charge in [0.2, 0.25) is 0 Å². The fourth-order valence-corrected chi connectivity index (χ4v) is 3.42. The van der Waals surface area contributed by atoms with E-state index in [-0.39, 0.29) is 11.9 Å². The van der Waals surface area contributed by atoms with Gasteiger partial charge in [-0.15, -0.1) is 0 Å². The minimum Gasteiger partial charge on any atom is -0.445 e. The van der Waals surface area contributed by atoms with Crippen LogP contribution in [0, 0.1) is 13.8 Å². The molecule has 0 spiro atoms. The van der Waals surface area contributed by atoms with Crippen LogP contribution in [0.25, 0.3) is 0 Å². The molecule has 0 aliphatic carbocycles. The molecular weight excluding hydrogens is 314 g/mol. The Morgan fingerprint density at radius 2 is 2.17 bits per heavy atom. The first-order chi connectivity index (χ1) is 11.0. The summed E-state index contributed by atoms with van der Waals surface area (Å²) in [5, 5.41) is 5.21. The number of aryl methyl sites for hydroxylation is 2. The highest BCUT2D eigenvalue weighted by Crippen LogP contribution is 2.31. The van der Waals surface area contributed by atoms with Crippen LogP contribution in [0.2, 0.25) is 0 Å². The van der Waals surface area contributed by atoms with Gasteiger partial charge < -0.3 is 14.1 Å². The molecular formula is C16H21N3O3S. The van der Waals surface area contributed by atoms with E-state index in [1.165, 1.54) is 11.8 Å². The van der Waals surface area contributed by atoms with Crippen LogP contribution in [0.4, 0.5) is 0 Å². The van der Waals surface area contributed by atoms with E-state index in [1.54, 1.807) is 6.07 Å². The molecule has 23 heavy (non-hydrogen) atoms. The third kappa shape index (κ3) is 2.90. The summed E-state index contributed by atoms with van der Waals surface area (Å²) in [6.07, 6.45) is 1.92. The first-order valence-electron chi connectivity index (χ1n) is 7.55. The molecule has 1 saturated heterocycles. The quantitative estimate of drug-likeness (QED) is 0.807. The summed E-state index contributed by atoms with van der Waals surface area (Å²) in [6.45, 7) is 5.56. The van der Waals surface area contributed by atoms with Crippen molar-refractivity contribution in [2.24, 2.45) is 7.05 Å². The van der Waals surface area contributed by atoms with E-state index in [4.69, 9.17) is 9.15 Å². The van der Waals surface area contributed by atoms with Crippen LogP contribution >= 0.6 is 11.8 Å². The lowest BCUT2D eigenvalue weighted by Gasteiger charge is -2.35. The number of rotatable bonds is 3. The van der Waals surface area contributed by atoms with Gasteiger partial charge in [-0.3, -0.25) is 9.48 Å². The van der Waals surface area contributed by atoms with Crippen molar-refractivity contribution in [3.63, 3.8) is 0 Å². The zero-order chi connectivity index (χ0) is 16.6. The van der Waals surface area contributed by atoms with Crippen molar-refractivity contribution in [3.8, 4) is 0 Å². The van der Waals surface area contributed by atoms with Crippen molar-refractivity contribution < 1.29 is 13.9 Å². The number of hydrogen-bond donors (Lipinski definition) is 0. The Bertz CT molecular complexity index is 722. The Balaban J connectivity index is 1.94. The van der Waals surface area contributed by atoms with Crippen LogP contribution in [0.3, 0.4) is 0 Å². The first kappa shape index (κ1) is 16.1. The van der Waals surface area contributed by atoms with Gasteiger partial charge in [-0.1, -0.05) is 11.8 Å². The number of furan rings is 1. The summed E-state index contributed by atoms with van der Waals surface area (Å²) in [5.41, 5.74) is 3.06. The third-order valence-electron chi connectivity index (χ3n) is 4.28. The molecule has 1 fully saturated rings. The Morgan fingerprint density at radius 3 is 2.78 bits per heavy atom. The van der Waals surface area contributed by atoms with Crippen LogP contribution in [0.15, 0.2) is 21.6 Å². The zero-order valence-corrected chi connectivity index (χ0v) is 14.6. The predicted octanol–water partition coefficient (Wildman–Crippen LogP) is 2.57. The third-order valence-corrected chi connectivity index (χ3v) is 4.90. The molecule has 0 aromatic carbocycles. The van der Waals surface area contributed by atoms with Gasteiger partial charge in [0.15, 0.2) is 10.9 Å². The van der Waals surface area contributed by atoms with Gasteiger partial charge in [0, 0.05) is 24.8 Å². The minimum atomic E-state index is -0.132. The van der Waals surface area contributed by atoms with Gasteiger partial charge in [0.1, 0.15) is 0 Å². The molecule has 0 N–H and O–H groups in total. The Morgan fingerprint density at radius 1 is 1.39 bits per heavy atom. The summed E-state index contributed by atoms with van der Waals surface area (Å²) >= 11 is 1.48. The standard InChI is InChI=1S/C16H21N3O3S/c1-10-15(11(2)18(3)17-10)12-9-21-8-7-19(12)16(20)13-5-6-14(22-13)23-4/h5-6,12H,7-9H2,1-4H3/t12-/m0/s1. The molecule has 2 aromatic heterocycles. The maximum atomic E-state index is 12.9. The Kier molecular flexibility index (Phi) is 4.50. The SMILES string of the molecule is CSc1ccc(C(=O)N2CCOC[C@H]2c2c(C)nn(C)c2C)o1. The highest BCUT2D eigenvalue weighted by atomic mass is 32.2. The lowest BCUT2D eigenvalue weighted by Crippen LogP contribution is -2.43. The normalized spacial score (nSPS) is 18.4. The fraction of sp³-hybridized carbons (Fsp3) is 0.500. The number of amides is 1. The summed E-state index contributed by atoms with van der Waals surface area (Å²) in [6, 6.07) is 3.44. The number of ether oxygens (including phenoxy) is 1. The lowest BCUT2D eigenvalue weighted by molar-refractivity contribution is -0.00482. The summed E-state index contributed by atoms with van der Waals surface area (Å²) in [4.78, 5) is 14.7. The van der Waals surface area contributed by atoms with Gasteiger partial charge in [-0.05, 0) is 32.2 Å². The van der Waals surface area contributed by atoms with Crippen LogP contribution in [0.1, 0.15) is 33.5 Å². The Labute approximate surface area is 139 Å². The maximum Gasteiger partial charge on any atom is 0.290 e. The number of hydrogen-bond acceptors (Lipinski definition) is 5. The Hall–Kier alpha value is -1.73. The van der Waals surface area contributed by atoms with Gasteiger partial charge in [0.05, 0.1) is 24.9 Å². The fourth-order valence-electron chi connectivity index (χ4n) is 3.04. The average molecular weight is 335 g/mol. The topological polar surface area (TPSA) is 60.5 Å². The van der Waals surface area contributed by atoms with Crippen molar-refractivity contribution in [2.45, 2.75) is 25.0 Å². The highest BCUT2D eigenvalue weighted by Gasteiger charge is 2.34. The van der Waals surface area contributed by atoms with Crippen molar-refractivity contribution in [1.82, 2.24) is 14.7 Å². The molecule has 3 rings (SSSR count). The van der Waals surface area contributed by atoms with Crippen LogP contribution in [0.5, 0.6) is 0 Å². The number of morpholine rings is 1. The van der Waals surface area contributed by atoms with E-state index < -0.39 is 0 Å². The first-order valence-corrected chi connectivity index (χ1v) is 8.78. The number of aromatic nitrogens is 2. The molecule has 0 bridgehead atoms. The van der Waals surface area contributed by atoms with Crippen molar-refractivity contribution in [3.05, 3.63) is 34.8 Å². The van der Waals surface area contributed by atoms with Crippen molar-refractivity contribution >= 4 is 17.7 Å². The molecule has 3 heterocycles. The van der Waals surface area contributed by atoms with Gasteiger partial charge in [-0.2, -0.15) is 5.10 Å². The second kappa shape index (κ2) is 6.41.